The molecule has 0 radical (unpaired) electrons. The standard InChI is InChI=1S/C19H16N2O2S2/c1-2-9-21(18(22)17-8-5-10-24-17)19-20-14(12-25-19)16-11-13-6-3-4-7-15(13)23-16/h3-8,10-12H,2,9H2,1H3. The number of amides is 1. The van der Waals surface area contributed by atoms with Gasteiger partial charge in [0.2, 0.25) is 0 Å². The number of furan rings is 1. The van der Waals surface area contributed by atoms with Crippen LogP contribution in [0.2, 0.25) is 0 Å². The summed E-state index contributed by atoms with van der Waals surface area (Å²) in [7, 11) is 0. The van der Waals surface area contributed by atoms with Crippen molar-refractivity contribution in [2.45, 2.75) is 13.3 Å². The average molecular weight is 368 g/mol. The van der Waals surface area contributed by atoms with E-state index >= 15 is 0 Å². The fraction of sp³-hybridized carbons (Fsp3) is 0.158. The number of benzene rings is 1. The summed E-state index contributed by atoms with van der Waals surface area (Å²) in [4.78, 5) is 19.9. The Morgan fingerprint density at radius 1 is 1.20 bits per heavy atom. The van der Waals surface area contributed by atoms with E-state index in [0.717, 1.165) is 33.7 Å². The maximum Gasteiger partial charge on any atom is 0.270 e. The summed E-state index contributed by atoms with van der Waals surface area (Å²) < 4.78 is 5.88. The molecule has 0 aliphatic rings. The highest BCUT2D eigenvalue weighted by Crippen LogP contribution is 2.32. The van der Waals surface area contributed by atoms with Crippen LogP contribution in [-0.4, -0.2) is 17.4 Å². The van der Waals surface area contributed by atoms with Crippen LogP contribution in [0.4, 0.5) is 5.13 Å². The van der Waals surface area contributed by atoms with Crippen LogP contribution in [-0.2, 0) is 0 Å². The predicted octanol–water partition coefficient (Wildman–Crippen LogP) is 5.67. The fourth-order valence-electron chi connectivity index (χ4n) is 2.65. The molecular formula is C19H16N2O2S2. The Bertz CT molecular complexity index is 968. The van der Waals surface area contributed by atoms with E-state index in [1.807, 2.05) is 53.2 Å². The van der Waals surface area contributed by atoms with Gasteiger partial charge in [-0.15, -0.1) is 22.7 Å². The first-order chi connectivity index (χ1) is 12.3. The SMILES string of the molecule is CCCN(C(=O)c1cccs1)c1nc(-c2cc3ccccc3o2)cs1. The van der Waals surface area contributed by atoms with Gasteiger partial charge in [0.1, 0.15) is 11.3 Å². The molecule has 1 amide bonds. The van der Waals surface area contributed by atoms with E-state index in [1.165, 1.54) is 22.7 Å². The lowest BCUT2D eigenvalue weighted by atomic mass is 10.2. The van der Waals surface area contributed by atoms with E-state index in [2.05, 4.69) is 11.9 Å². The smallest absolute Gasteiger partial charge is 0.270 e. The first-order valence-electron chi connectivity index (χ1n) is 8.06. The number of hydrogen-bond donors (Lipinski definition) is 0. The van der Waals surface area contributed by atoms with Gasteiger partial charge in [0.25, 0.3) is 5.91 Å². The van der Waals surface area contributed by atoms with Crippen molar-refractivity contribution in [3.05, 3.63) is 58.1 Å². The van der Waals surface area contributed by atoms with Crippen molar-refractivity contribution in [3.63, 3.8) is 0 Å². The van der Waals surface area contributed by atoms with Crippen molar-refractivity contribution >= 4 is 44.7 Å². The number of aromatic nitrogens is 1. The number of rotatable bonds is 5. The summed E-state index contributed by atoms with van der Waals surface area (Å²) >= 11 is 2.92. The van der Waals surface area contributed by atoms with Crippen LogP contribution in [0.5, 0.6) is 0 Å². The minimum absolute atomic E-state index is 0.00218. The molecular weight excluding hydrogens is 352 g/mol. The molecule has 25 heavy (non-hydrogen) atoms. The molecule has 3 heterocycles. The Hall–Kier alpha value is -2.44. The molecule has 0 N–H and O–H groups in total. The molecule has 0 saturated carbocycles. The van der Waals surface area contributed by atoms with E-state index in [9.17, 15) is 4.79 Å². The van der Waals surface area contributed by atoms with E-state index in [4.69, 9.17) is 4.42 Å². The van der Waals surface area contributed by atoms with Crippen LogP contribution in [0.1, 0.15) is 23.0 Å². The van der Waals surface area contributed by atoms with Crippen LogP contribution >= 0.6 is 22.7 Å². The monoisotopic (exact) mass is 368 g/mol. The largest absolute Gasteiger partial charge is 0.454 e. The summed E-state index contributed by atoms with van der Waals surface area (Å²) in [6, 6.07) is 13.6. The number of carbonyl (C=O) groups excluding carboxylic acids is 1. The number of carbonyl (C=O) groups is 1. The molecule has 3 aromatic heterocycles. The zero-order valence-corrected chi connectivity index (χ0v) is 15.3. The molecule has 0 atom stereocenters. The summed E-state index contributed by atoms with van der Waals surface area (Å²) in [5.41, 5.74) is 1.60. The fourth-order valence-corrected chi connectivity index (χ4v) is 4.16. The van der Waals surface area contributed by atoms with Crippen LogP contribution in [0.15, 0.2) is 57.6 Å². The molecule has 1 aromatic carbocycles. The Balaban J connectivity index is 1.67. The van der Waals surface area contributed by atoms with Crippen molar-refractivity contribution in [3.8, 4) is 11.5 Å². The molecule has 0 unspecified atom stereocenters. The molecule has 0 spiro atoms. The first-order valence-corrected chi connectivity index (χ1v) is 9.82. The Kier molecular flexibility index (Phi) is 4.38. The zero-order chi connectivity index (χ0) is 17.2. The lowest BCUT2D eigenvalue weighted by molar-refractivity contribution is 0.0990. The summed E-state index contributed by atoms with van der Waals surface area (Å²) in [6.45, 7) is 2.70. The number of thiophene rings is 1. The van der Waals surface area contributed by atoms with Crippen molar-refractivity contribution in [1.29, 1.82) is 0 Å². The third kappa shape index (κ3) is 3.10. The van der Waals surface area contributed by atoms with Gasteiger partial charge < -0.3 is 4.42 Å². The highest BCUT2D eigenvalue weighted by atomic mass is 32.1. The van der Waals surface area contributed by atoms with Gasteiger partial charge in [-0.05, 0) is 30.0 Å². The summed E-state index contributed by atoms with van der Waals surface area (Å²) in [6.07, 6.45) is 0.872. The minimum atomic E-state index is 0.00218. The molecule has 0 saturated heterocycles. The van der Waals surface area contributed by atoms with Crippen molar-refractivity contribution in [2.24, 2.45) is 0 Å². The number of hydrogen-bond acceptors (Lipinski definition) is 5. The number of fused-ring (bicyclic) bond motifs is 1. The zero-order valence-electron chi connectivity index (χ0n) is 13.6. The van der Waals surface area contributed by atoms with Crippen molar-refractivity contribution in [2.75, 3.05) is 11.4 Å². The summed E-state index contributed by atoms with van der Waals surface area (Å²) in [5.74, 6) is 0.728. The second-order valence-electron chi connectivity index (χ2n) is 5.60. The Labute approximate surface area is 153 Å². The highest BCUT2D eigenvalue weighted by molar-refractivity contribution is 7.14. The molecule has 4 rings (SSSR count). The number of para-hydroxylation sites is 1. The van der Waals surface area contributed by atoms with Crippen molar-refractivity contribution < 1.29 is 9.21 Å². The van der Waals surface area contributed by atoms with Gasteiger partial charge >= 0.3 is 0 Å². The van der Waals surface area contributed by atoms with Gasteiger partial charge in [-0.1, -0.05) is 31.2 Å². The Morgan fingerprint density at radius 2 is 2.08 bits per heavy atom. The normalized spacial score (nSPS) is 11.1. The topological polar surface area (TPSA) is 46.3 Å². The highest BCUT2D eigenvalue weighted by Gasteiger charge is 2.21. The van der Waals surface area contributed by atoms with Gasteiger partial charge in [-0.25, -0.2) is 4.98 Å². The molecule has 0 aliphatic carbocycles. The molecule has 0 aliphatic heterocycles. The van der Waals surface area contributed by atoms with Crippen molar-refractivity contribution in [1.82, 2.24) is 4.98 Å². The van der Waals surface area contributed by atoms with Crippen LogP contribution in [0.3, 0.4) is 0 Å². The van der Waals surface area contributed by atoms with Gasteiger partial charge in [0, 0.05) is 17.3 Å². The van der Waals surface area contributed by atoms with Crippen LogP contribution in [0, 0.1) is 0 Å². The van der Waals surface area contributed by atoms with E-state index < -0.39 is 0 Å². The van der Waals surface area contributed by atoms with Crippen LogP contribution in [0.25, 0.3) is 22.4 Å². The first kappa shape index (κ1) is 16.1. The maximum absolute atomic E-state index is 12.8. The number of nitrogens with zero attached hydrogens (tertiary/aromatic N) is 2. The lowest BCUT2D eigenvalue weighted by Gasteiger charge is -2.18. The number of anilines is 1. The molecule has 6 heteroatoms. The molecule has 126 valence electrons. The second kappa shape index (κ2) is 6.82. The van der Waals surface area contributed by atoms with Gasteiger partial charge in [-0.3, -0.25) is 9.69 Å². The van der Waals surface area contributed by atoms with E-state index in [0.29, 0.717) is 11.7 Å². The van der Waals surface area contributed by atoms with E-state index in [1.54, 1.807) is 4.90 Å². The van der Waals surface area contributed by atoms with Gasteiger partial charge in [-0.2, -0.15) is 0 Å². The number of thiazole rings is 1. The van der Waals surface area contributed by atoms with Gasteiger partial charge in [0.15, 0.2) is 10.9 Å². The third-order valence-corrected chi connectivity index (χ3v) is 5.55. The quantitative estimate of drug-likeness (QED) is 0.456. The maximum atomic E-state index is 12.8. The summed E-state index contributed by atoms with van der Waals surface area (Å²) in [5, 5.41) is 5.61. The predicted molar refractivity (Wildman–Crippen MR) is 104 cm³/mol. The van der Waals surface area contributed by atoms with Crippen LogP contribution < -0.4 is 4.90 Å². The van der Waals surface area contributed by atoms with E-state index in [-0.39, 0.29) is 5.91 Å². The molecule has 4 nitrogen and oxygen atoms in total. The average Bonchev–Trinajstić information content (AvgIpc) is 3.38. The Morgan fingerprint density at radius 3 is 2.84 bits per heavy atom. The molecule has 0 bridgehead atoms. The lowest BCUT2D eigenvalue weighted by Crippen LogP contribution is -2.30. The second-order valence-corrected chi connectivity index (χ2v) is 7.38. The minimum Gasteiger partial charge on any atom is -0.454 e. The third-order valence-electron chi connectivity index (χ3n) is 3.83. The molecule has 4 aromatic rings. The molecule has 0 fully saturated rings. The van der Waals surface area contributed by atoms with Gasteiger partial charge in [0.05, 0.1) is 4.88 Å².